The van der Waals surface area contributed by atoms with Crippen molar-refractivity contribution in [1.29, 1.82) is 0 Å². The Bertz CT molecular complexity index is 349. The van der Waals surface area contributed by atoms with Crippen LogP contribution in [-0.4, -0.2) is 47.4 Å². The zero-order chi connectivity index (χ0) is 12.8. The largest absolute Gasteiger partial charge is 0.317 e. The van der Waals surface area contributed by atoms with E-state index in [0.29, 0.717) is 0 Å². The molecule has 1 aromatic heterocycles. The lowest BCUT2D eigenvalue weighted by atomic mass is 9.96. The zero-order valence-electron chi connectivity index (χ0n) is 12.5. The molecular formula is C14H28Cl2N4. The minimum atomic E-state index is 0. The van der Waals surface area contributed by atoms with Gasteiger partial charge < -0.3 is 10.2 Å². The van der Waals surface area contributed by atoms with E-state index in [0.717, 1.165) is 18.9 Å². The van der Waals surface area contributed by atoms with Crippen LogP contribution in [-0.2, 0) is 13.5 Å². The minimum absolute atomic E-state index is 0. The molecule has 0 aromatic carbocycles. The third-order valence-corrected chi connectivity index (χ3v) is 3.87. The van der Waals surface area contributed by atoms with Crippen LogP contribution in [0.3, 0.4) is 0 Å². The summed E-state index contributed by atoms with van der Waals surface area (Å²) in [5, 5.41) is 7.68. The van der Waals surface area contributed by atoms with Crippen molar-refractivity contribution in [3.05, 3.63) is 18.0 Å². The van der Waals surface area contributed by atoms with Crippen molar-refractivity contribution < 1.29 is 0 Å². The molecular weight excluding hydrogens is 295 g/mol. The van der Waals surface area contributed by atoms with Gasteiger partial charge in [-0.3, -0.25) is 4.68 Å². The van der Waals surface area contributed by atoms with Crippen LogP contribution in [0, 0.1) is 5.92 Å². The summed E-state index contributed by atoms with van der Waals surface area (Å²) in [6.45, 7) is 8.18. The van der Waals surface area contributed by atoms with Crippen molar-refractivity contribution in [2.24, 2.45) is 13.0 Å². The Kier molecular flexibility index (Phi) is 10.3. The molecule has 2 heterocycles. The van der Waals surface area contributed by atoms with Gasteiger partial charge in [-0.05, 0) is 56.9 Å². The number of nitrogens with zero attached hydrogens (tertiary/aromatic N) is 3. The van der Waals surface area contributed by atoms with Gasteiger partial charge in [0.15, 0.2) is 0 Å². The maximum Gasteiger partial charge on any atom is 0.0522 e. The molecule has 1 aliphatic rings. The number of halogens is 2. The fraction of sp³-hybridized carbons (Fsp3) is 0.786. The average Bonchev–Trinajstić information content (AvgIpc) is 2.81. The van der Waals surface area contributed by atoms with Crippen molar-refractivity contribution in [3.63, 3.8) is 0 Å². The van der Waals surface area contributed by atoms with Crippen molar-refractivity contribution >= 4 is 24.8 Å². The molecule has 0 spiro atoms. The van der Waals surface area contributed by atoms with E-state index in [1.54, 1.807) is 0 Å². The van der Waals surface area contributed by atoms with E-state index in [1.807, 2.05) is 17.9 Å². The molecule has 0 radical (unpaired) electrons. The van der Waals surface area contributed by atoms with E-state index in [4.69, 9.17) is 0 Å². The lowest BCUT2D eigenvalue weighted by Gasteiger charge is -2.31. The second-order valence-corrected chi connectivity index (χ2v) is 5.36. The molecule has 1 saturated heterocycles. The fourth-order valence-corrected chi connectivity index (χ4v) is 2.65. The molecule has 0 amide bonds. The predicted molar refractivity (Wildman–Crippen MR) is 89.1 cm³/mol. The number of rotatable bonds is 6. The Morgan fingerprint density at radius 3 is 2.55 bits per heavy atom. The highest BCUT2D eigenvalue weighted by Gasteiger charge is 2.18. The van der Waals surface area contributed by atoms with Crippen LogP contribution in [0.15, 0.2) is 12.4 Å². The van der Waals surface area contributed by atoms with Gasteiger partial charge in [-0.15, -0.1) is 24.8 Å². The summed E-state index contributed by atoms with van der Waals surface area (Å²) in [4.78, 5) is 2.59. The van der Waals surface area contributed by atoms with Gasteiger partial charge in [0, 0.05) is 19.8 Å². The second kappa shape index (κ2) is 10.4. The Balaban J connectivity index is 0.00000180. The van der Waals surface area contributed by atoms with Gasteiger partial charge in [-0.25, -0.2) is 0 Å². The summed E-state index contributed by atoms with van der Waals surface area (Å²) < 4.78 is 1.89. The number of likely N-dealkylation sites (tertiary alicyclic amines) is 1. The lowest BCUT2D eigenvalue weighted by Crippen LogP contribution is -2.38. The van der Waals surface area contributed by atoms with Gasteiger partial charge in [0.05, 0.1) is 6.20 Å². The first-order valence-electron chi connectivity index (χ1n) is 7.18. The number of hydrogen-bond acceptors (Lipinski definition) is 3. The first-order valence-corrected chi connectivity index (χ1v) is 7.18. The maximum absolute atomic E-state index is 4.22. The van der Waals surface area contributed by atoms with Gasteiger partial charge >= 0.3 is 0 Å². The number of hydrogen-bond donors (Lipinski definition) is 1. The number of nitrogens with one attached hydrogen (secondary N) is 1. The smallest absolute Gasteiger partial charge is 0.0522 e. The van der Waals surface area contributed by atoms with Crippen LogP contribution in [0.1, 0.15) is 25.3 Å². The predicted octanol–water partition coefficient (Wildman–Crippen LogP) is 2.13. The first-order chi connectivity index (χ1) is 8.78. The van der Waals surface area contributed by atoms with Crippen LogP contribution in [0.4, 0.5) is 0 Å². The number of aryl methyl sites for hydroxylation is 1. The third kappa shape index (κ3) is 6.44. The molecule has 0 aliphatic carbocycles. The molecule has 4 nitrogen and oxygen atoms in total. The molecule has 0 saturated carbocycles. The molecule has 1 N–H and O–H groups in total. The summed E-state index contributed by atoms with van der Waals surface area (Å²) in [6, 6.07) is 0. The lowest BCUT2D eigenvalue weighted by molar-refractivity contribution is 0.184. The average molecular weight is 323 g/mol. The SMILES string of the molecule is CCNCC1CCN(CCc2cnn(C)c2)CC1.Cl.Cl. The second-order valence-electron chi connectivity index (χ2n) is 5.36. The Labute approximate surface area is 135 Å². The van der Waals surface area contributed by atoms with Crippen molar-refractivity contribution in [2.45, 2.75) is 26.2 Å². The van der Waals surface area contributed by atoms with Crippen LogP contribution >= 0.6 is 24.8 Å². The van der Waals surface area contributed by atoms with Crippen LogP contribution in [0.2, 0.25) is 0 Å². The van der Waals surface area contributed by atoms with E-state index in [-0.39, 0.29) is 24.8 Å². The molecule has 6 heteroatoms. The Hall–Kier alpha value is -0.290. The molecule has 1 fully saturated rings. The van der Waals surface area contributed by atoms with Gasteiger partial charge in [-0.2, -0.15) is 5.10 Å². The summed E-state index contributed by atoms with van der Waals surface area (Å²) in [5.74, 6) is 0.889. The molecule has 1 aromatic rings. The highest BCUT2D eigenvalue weighted by molar-refractivity contribution is 5.85. The Morgan fingerprint density at radius 2 is 2.00 bits per heavy atom. The van der Waals surface area contributed by atoms with Crippen molar-refractivity contribution in [3.8, 4) is 0 Å². The summed E-state index contributed by atoms with van der Waals surface area (Å²) >= 11 is 0. The number of piperidine rings is 1. The third-order valence-electron chi connectivity index (χ3n) is 3.87. The monoisotopic (exact) mass is 322 g/mol. The van der Waals surface area contributed by atoms with Crippen LogP contribution in [0.25, 0.3) is 0 Å². The van der Waals surface area contributed by atoms with Gasteiger partial charge in [-0.1, -0.05) is 6.92 Å². The van der Waals surface area contributed by atoms with E-state index in [9.17, 15) is 0 Å². The zero-order valence-corrected chi connectivity index (χ0v) is 14.2. The van der Waals surface area contributed by atoms with E-state index < -0.39 is 0 Å². The van der Waals surface area contributed by atoms with Crippen LogP contribution < -0.4 is 5.32 Å². The van der Waals surface area contributed by atoms with Gasteiger partial charge in [0.1, 0.15) is 0 Å². The highest BCUT2D eigenvalue weighted by atomic mass is 35.5. The van der Waals surface area contributed by atoms with Gasteiger partial charge in [0.2, 0.25) is 0 Å². The molecule has 2 rings (SSSR count). The standard InChI is InChI=1S/C14H26N4.2ClH/c1-3-15-10-13-4-7-18(8-5-13)9-6-14-11-16-17(2)12-14;;/h11-13,15H,3-10H2,1-2H3;2*1H. The molecule has 0 unspecified atom stereocenters. The summed E-state index contributed by atoms with van der Waals surface area (Å²) in [6.07, 6.45) is 7.93. The summed E-state index contributed by atoms with van der Waals surface area (Å²) in [5.41, 5.74) is 1.35. The quantitative estimate of drug-likeness (QED) is 0.871. The fourth-order valence-electron chi connectivity index (χ4n) is 2.65. The maximum atomic E-state index is 4.22. The van der Waals surface area contributed by atoms with Crippen LogP contribution in [0.5, 0.6) is 0 Å². The van der Waals surface area contributed by atoms with E-state index in [2.05, 4.69) is 28.4 Å². The van der Waals surface area contributed by atoms with E-state index >= 15 is 0 Å². The first kappa shape index (κ1) is 19.7. The highest BCUT2D eigenvalue weighted by Crippen LogP contribution is 2.16. The molecule has 0 bridgehead atoms. The topological polar surface area (TPSA) is 33.1 Å². The van der Waals surface area contributed by atoms with E-state index in [1.165, 1.54) is 44.6 Å². The van der Waals surface area contributed by atoms with Gasteiger partial charge in [0.25, 0.3) is 0 Å². The molecule has 20 heavy (non-hydrogen) atoms. The number of aromatic nitrogens is 2. The molecule has 1 aliphatic heterocycles. The normalized spacial score (nSPS) is 16.5. The van der Waals surface area contributed by atoms with Crippen molar-refractivity contribution in [2.75, 3.05) is 32.7 Å². The minimum Gasteiger partial charge on any atom is -0.317 e. The van der Waals surface area contributed by atoms with Crippen molar-refractivity contribution in [1.82, 2.24) is 20.0 Å². The molecule has 0 atom stereocenters. The summed E-state index contributed by atoms with van der Waals surface area (Å²) in [7, 11) is 1.98. The Morgan fingerprint density at radius 1 is 1.30 bits per heavy atom. The molecule has 118 valence electrons.